The van der Waals surface area contributed by atoms with Gasteiger partial charge in [-0.15, -0.1) is 11.3 Å². The fraction of sp³-hybridized carbons (Fsp3) is 0.471. The molecule has 2 atom stereocenters. The van der Waals surface area contributed by atoms with Crippen LogP contribution in [0.3, 0.4) is 0 Å². The first-order valence-electron chi connectivity index (χ1n) is 15.4. The van der Waals surface area contributed by atoms with Gasteiger partial charge in [-0.05, 0) is 24.6 Å². The number of methoxy groups -OCH3 is 3. The number of halogens is 2. The van der Waals surface area contributed by atoms with E-state index < -0.39 is 35.4 Å². The molecule has 0 radical (unpaired) electrons. The maximum absolute atomic E-state index is 15.6. The Morgan fingerprint density at radius 3 is 2.10 bits per heavy atom. The molecule has 0 aliphatic carbocycles. The lowest BCUT2D eigenvalue weighted by molar-refractivity contribution is -0.148. The molecule has 14 heteroatoms. The Kier molecular flexibility index (Phi) is 12.2. The van der Waals surface area contributed by atoms with Gasteiger partial charge in [0.1, 0.15) is 0 Å². The van der Waals surface area contributed by atoms with E-state index in [-0.39, 0.29) is 92.2 Å². The van der Waals surface area contributed by atoms with E-state index in [4.69, 9.17) is 23.7 Å². The van der Waals surface area contributed by atoms with Crippen LogP contribution in [0, 0.1) is 23.5 Å². The Hall–Kier alpha value is -4.46. The van der Waals surface area contributed by atoms with E-state index >= 15 is 8.78 Å². The molecule has 4 rings (SSSR count). The highest BCUT2D eigenvalue weighted by Crippen LogP contribution is 2.41. The van der Waals surface area contributed by atoms with Crippen molar-refractivity contribution in [3.63, 3.8) is 0 Å². The highest BCUT2D eigenvalue weighted by Gasteiger charge is 2.32. The zero-order valence-corrected chi connectivity index (χ0v) is 28.6. The Morgan fingerprint density at radius 1 is 0.854 bits per heavy atom. The summed E-state index contributed by atoms with van der Waals surface area (Å²) >= 11 is 1.09. The first-order valence-corrected chi connectivity index (χ1v) is 16.2. The Labute approximate surface area is 281 Å². The van der Waals surface area contributed by atoms with E-state index in [9.17, 15) is 19.2 Å². The zero-order chi connectivity index (χ0) is 35.1. The summed E-state index contributed by atoms with van der Waals surface area (Å²) in [5.74, 6) is -4.19. The molecule has 2 unspecified atom stereocenters. The summed E-state index contributed by atoms with van der Waals surface area (Å²) in [6.45, 7) is 5.24. The fourth-order valence-corrected chi connectivity index (χ4v) is 6.31. The minimum absolute atomic E-state index is 0.00666. The lowest BCUT2D eigenvalue weighted by Gasteiger charge is -2.17. The standard InChI is InChI=1S/C34H39F2NO10S/c1-7-45-34(41)18(2)11-23(38)27-14-21-26(48-27)15-25(43-5)32(29(21)35)47-10-8-9-46-31-24(42-4)13-20-16-37(17-22(20)30(31)36)28(39)12-19(3)33(40)44-6/h13-15,18-19H,7-12,16-17H2,1-6H3. The van der Waals surface area contributed by atoms with Crippen molar-refractivity contribution in [3.05, 3.63) is 45.8 Å². The molecule has 0 N–H and O–H groups in total. The molecule has 1 aliphatic heterocycles. The van der Waals surface area contributed by atoms with Crippen molar-refractivity contribution in [1.82, 2.24) is 4.90 Å². The quantitative estimate of drug-likeness (QED) is 0.102. The van der Waals surface area contributed by atoms with Gasteiger partial charge in [-0.2, -0.15) is 0 Å². The second-order valence-corrected chi connectivity index (χ2v) is 12.4. The van der Waals surface area contributed by atoms with Gasteiger partial charge in [-0.3, -0.25) is 19.2 Å². The van der Waals surface area contributed by atoms with Crippen molar-refractivity contribution in [2.45, 2.75) is 53.1 Å². The van der Waals surface area contributed by atoms with Crippen LogP contribution < -0.4 is 18.9 Å². The van der Waals surface area contributed by atoms with Gasteiger partial charge in [0.2, 0.25) is 5.91 Å². The van der Waals surface area contributed by atoms with Crippen LogP contribution in [0.2, 0.25) is 0 Å². The fourth-order valence-electron chi connectivity index (χ4n) is 5.28. The molecular formula is C34H39F2NO10S. The smallest absolute Gasteiger partial charge is 0.309 e. The number of amides is 1. The molecule has 3 aromatic rings. The van der Waals surface area contributed by atoms with Gasteiger partial charge in [-0.25, -0.2) is 8.78 Å². The van der Waals surface area contributed by atoms with Crippen molar-refractivity contribution in [3.8, 4) is 23.0 Å². The SMILES string of the molecule is CCOC(=O)C(C)CC(=O)c1cc2c(F)c(OCCCOc3c(OC)cc4c(c3F)CN(C(=O)CC(C)C(=O)OC)C4)c(OC)cc2s1. The largest absolute Gasteiger partial charge is 0.493 e. The predicted octanol–water partition coefficient (Wildman–Crippen LogP) is 5.86. The normalized spacial score (nSPS) is 13.5. The first kappa shape index (κ1) is 36.4. The zero-order valence-electron chi connectivity index (χ0n) is 27.7. The van der Waals surface area contributed by atoms with Gasteiger partial charge in [0.25, 0.3) is 0 Å². The van der Waals surface area contributed by atoms with Crippen molar-refractivity contribution >= 4 is 45.1 Å². The lowest BCUT2D eigenvalue weighted by atomic mass is 10.0. The Bertz CT molecular complexity index is 1690. The minimum Gasteiger partial charge on any atom is -0.493 e. The molecule has 2 aromatic carbocycles. The molecule has 1 aromatic heterocycles. The summed E-state index contributed by atoms with van der Waals surface area (Å²) in [4.78, 5) is 51.0. The van der Waals surface area contributed by atoms with Crippen LogP contribution in [0.4, 0.5) is 8.78 Å². The number of thiophene rings is 1. The van der Waals surface area contributed by atoms with Crippen molar-refractivity contribution in [2.24, 2.45) is 11.8 Å². The van der Waals surface area contributed by atoms with Crippen molar-refractivity contribution in [2.75, 3.05) is 41.2 Å². The number of nitrogens with zero attached hydrogens (tertiary/aromatic N) is 1. The Balaban J connectivity index is 1.39. The minimum atomic E-state index is -0.703. The van der Waals surface area contributed by atoms with Crippen molar-refractivity contribution in [1.29, 1.82) is 0 Å². The molecule has 0 saturated carbocycles. The molecule has 260 valence electrons. The third kappa shape index (κ3) is 7.97. The molecule has 0 saturated heterocycles. The van der Waals surface area contributed by atoms with Crippen LogP contribution in [0.1, 0.15) is 60.8 Å². The number of carbonyl (C=O) groups excluding carboxylic acids is 4. The summed E-state index contributed by atoms with van der Waals surface area (Å²) in [6.07, 6.45) is 0.0920. The van der Waals surface area contributed by atoms with E-state index in [1.165, 1.54) is 32.3 Å². The second-order valence-electron chi connectivity index (χ2n) is 11.3. The van der Waals surface area contributed by atoms with Gasteiger partial charge >= 0.3 is 11.9 Å². The third-order valence-electron chi connectivity index (χ3n) is 7.89. The molecule has 0 spiro atoms. The lowest BCUT2D eigenvalue weighted by Crippen LogP contribution is -2.29. The van der Waals surface area contributed by atoms with E-state index in [1.807, 2.05) is 0 Å². The molecule has 2 heterocycles. The number of Topliss-reactive ketones (excluding diaryl/α,β-unsaturated/α-hetero) is 1. The topological polar surface area (TPSA) is 127 Å². The van der Waals surface area contributed by atoms with E-state index in [0.29, 0.717) is 20.7 Å². The number of ketones is 1. The van der Waals surface area contributed by atoms with E-state index in [0.717, 1.165) is 11.3 Å². The summed E-state index contributed by atoms with van der Waals surface area (Å²) in [7, 11) is 4.00. The van der Waals surface area contributed by atoms with Crippen LogP contribution in [0.15, 0.2) is 18.2 Å². The van der Waals surface area contributed by atoms with Crippen LogP contribution in [0.25, 0.3) is 10.1 Å². The van der Waals surface area contributed by atoms with E-state index in [1.54, 1.807) is 32.9 Å². The van der Waals surface area contributed by atoms with Crippen LogP contribution in [-0.4, -0.2) is 69.7 Å². The number of rotatable bonds is 16. The van der Waals surface area contributed by atoms with Gasteiger partial charge in [0.15, 0.2) is 40.4 Å². The average Bonchev–Trinajstić information content (AvgIpc) is 3.71. The molecule has 1 aliphatic rings. The van der Waals surface area contributed by atoms with Crippen LogP contribution in [-0.2, 0) is 36.9 Å². The third-order valence-corrected chi connectivity index (χ3v) is 9.01. The van der Waals surface area contributed by atoms with Crippen LogP contribution in [0.5, 0.6) is 23.0 Å². The summed E-state index contributed by atoms with van der Waals surface area (Å²) < 4.78 is 63.6. The molecule has 11 nitrogen and oxygen atoms in total. The number of hydrogen-bond acceptors (Lipinski definition) is 11. The summed E-state index contributed by atoms with van der Waals surface area (Å²) in [5.41, 5.74) is 0.869. The molecular weight excluding hydrogens is 652 g/mol. The summed E-state index contributed by atoms with van der Waals surface area (Å²) in [5, 5.41) is 0.177. The molecule has 1 amide bonds. The number of benzene rings is 2. The van der Waals surface area contributed by atoms with Crippen molar-refractivity contribution < 1.29 is 56.4 Å². The van der Waals surface area contributed by atoms with Gasteiger partial charge in [0.05, 0.1) is 57.9 Å². The highest BCUT2D eigenvalue weighted by molar-refractivity contribution is 7.20. The number of hydrogen-bond donors (Lipinski definition) is 0. The molecule has 0 bridgehead atoms. The average molecular weight is 692 g/mol. The predicted molar refractivity (Wildman–Crippen MR) is 172 cm³/mol. The van der Waals surface area contributed by atoms with Gasteiger partial charge in [-0.1, -0.05) is 13.8 Å². The van der Waals surface area contributed by atoms with Gasteiger partial charge < -0.3 is 33.3 Å². The molecule has 48 heavy (non-hydrogen) atoms. The maximum atomic E-state index is 15.6. The highest BCUT2D eigenvalue weighted by atomic mass is 32.1. The number of ether oxygens (including phenoxy) is 6. The Morgan fingerprint density at radius 2 is 1.48 bits per heavy atom. The maximum Gasteiger partial charge on any atom is 0.309 e. The number of carbonyl (C=O) groups is 4. The number of fused-ring (bicyclic) bond motifs is 2. The monoisotopic (exact) mass is 691 g/mol. The van der Waals surface area contributed by atoms with Crippen LogP contribution >= 0.6 is 11.3 Å². The first-order chi connectivity index (χ1) is 22.9. The van der Waals surface area contributed by atoms with Gasteiger partial charge in [0, 0.05) is 54.1 Å². The summed E-state index contributed by atoms with van der Waals surface area (Å²) in [6, 6.07) is 4.63. The molecule has 0 fully saturated rings. The number of esters is 2. The second kappa shape index (κ2) is 16.1. The van der Waals surface area contributed by atoms with E-state index in [2.05, 4.69) is 4.74 Å².